The first kappa shape index (κ1) is 14.3. The Kier molecular flexibility index (Phi) is 3.62. The maximum absolute atomic E-state index is 12.5. The summed E-state index contributed by atoms with van der Waals surface area (Å²) in [6.07, 6.45) is 1.39. The zero-order valence-corrected chi connectivity index (χ0v) is 12.5. The van der Waals surface area contributed by atoms with Crippen LogP contribution in [0.2, 0.25) is 0 Å². The van der Waals surface area contributed by atoms with Gasteiger partial charge in [0.15, 0.2) is 11.5 Å². The molecule has 0 aromatic carbocycles. The van der Waals surface area contributed by atoms with Crippen molar-refractivity contribution in [2.24, 2.45) is 0 Å². The Morgan fingerprint density at radius 2 is 1.95 bits per heavy atom. The molecule has 0 unspecified atom stereocenters. The van der Waals surface area contributed by atoms with Crippen LogP contribution in [0, 0.1) is 0 Å². The molecule has 2 fully saturated rings. The number of amides is 1. The van der Waals surface area contributed by atoms with Gasteiger partial charge in [-0.3, -0.25) is 9.89 Å². The second kappa shape index (κ2) is 5.31. The van der Waals surface area contributed by atoms with Gasteiger partial charge in [-0.05, 0) is 5.92 Å². The van der Waals surface area contributed by atoms with E-state index >= 15 is 0 Å². The van der Waals surface area contributed by atoms with Crippen LogP contribution in [0.1, 0.15) is 48.8 Å². The molecule has 0 aliphatic carbocycles. The molecule has 3 heterocycles. The average molecular weight is 294 g/mol. The van der Waals surface area contributed by atoms with Crippen LogP contribution in [-0.4, -0.2) is 53.1 Å². The Balaban J connectivity index is 1.69. The van der Waals surface area contributed by atoms with E-state index < -0.39 is 5.79 Å². The molecule has 3 rings (SSSR count). The molecule has 1 aromatic heterocycles. The van der Waals surface area contributed by atoms with Crippen molar-refractivity contribution in [3.63, 3.8) is 0 Å². The van der Waals surface area contributed by atoms with Gasteiger partial charge >= 0.3 is 0 Å². The molecule has 3 N–H and O–H groups in total. The molecule has 2 saturated heterocycles. The minimum Gasteiger partial charge on any atom is -0.395 e. The van der Waals surface area contributed by atoms with Gasteiger partial charge in [0.1, 0.15) is 0 Å². The SMILES string of the molecule is CC(C)c1[nH]nc(C(=O)N2CCC3(CC2)OCCO3)c1N. The number of aromatic amines is 1. The first-order valence-electron chi connectivity index (χ1n) is 7.43. The largest absolute Gasteiger partial charge is 0.395 e. The molecule has 7 heteroatoms. The van der Waals surface area contributed by atoms with Gasteiger partial charge in [0.2, 0.25) is 0 Å². The van der Waals surface area contributed by atoms with Gasteiger partial charge in [0, 0.05) is 25.9 Å². The topological polar surface area (TPSA) is 93.5 Å². The number of nitrogens with one attached hydrogen (secondary N) is 1. The number of aromatic nitrogens is 2. The van der Waals surface area contributed by atoms with Crippen LogP contribution in [-0.2, 0) is 9.47 Å². The predicted octanol–water partition coefficient (Wildman–Crippen LogP) is 1.09. The monoisotopic (exact) mass is 294 g/mol. The van der Waals surface area contributed by atoms with E-state index in [1.807, 2.05) is 13.8 Å². The minimum atomic E-state index is -0.475. The molecule has 2 aliphatic rings. The van der Waals surface area contributed by atoms with Gasteiger partial charge in [0.25, 0.3) is 5.91 Å². The van der Waals surface area contributed by atoms with E-state index in [1.165, 1.54) is 0 Å². The smallest absolute Gasteiger partial charge is 0.276 e. The third-order valence-corrected chi connectivity index (χ3v) is 4.24. The summed E-state index contributed by atoms with van der Waals surface area (Å²) < 4.78 is 11.3. The van der Waals surface area contributed by atoms with Crippen LogP contribution < -0.4 is 5.73 Å². The molecule has 2 aliphatic heterocycles. The minimum absolute atomic E-state index is 0.122. The number of hydrogen-bond donors (Lipinski definition) is 2. The van der Waals surface area contributed by atoms with Gasteiger partial charge < -0.3 is 20.1 Å². The van der Waals surface area contributed by atoms with Crippen molar-refractivity contribution in [1.82, 2.24) is 15.1 Å². The lowest BCUT2D eigenvalue weighted by atomic mass is 10.0. The third-order valence-electron chi connectivity index (χ3n) is 4.24. The molecule has 21 heavy (non-hydrogen) atoms. The lowest BCUT2D eigenvalue weighted by molar-refractivity contribution is -0.181. The van der Waals surface area contributed by atoms with Crippen LogP contribution in [0.3, 0.4) is 0 Å². The number of rotatable bonds is 2. The Bertz CT molecular complexity index is 524. The Morgan fingerprint density at radius 1 is 1.33 bits per heavy atom. The van der Waals surface area contributed by atoms with Crippen molar-refractivity contribution >= 4 is 11.6 Å². The van der Waals surface area contributed by atoms with Crippen molar-refractivity contribution in [3.05, 3.63) is 11.4 Å². The van der Waals surface area contributed by atoms with Crippen molar-refractivity contribution in [2.75, 3.05) is 32.0 Å². The maximum atomic E-state index is 12.5. The fourth-order valence-corrected chi connectivity index (χ4v) is 2.95. The number of H-pyrrole nitrogens is 1. The van der Waals surface area contributed by atoms with Gasteiger partial charge in [-0.2, -0.15) is 5.10 Å². The molecule has 7 nitrogen and oxygen atoms in total. The van der Waals surface area contributed by atoms with Crippen molar-refractivity contribution in [1.29, 1.82) is 0 Å². The van der Waals surface area contributed by atoms with Crippen molar-refractivity contribution in [2.45, 2.75) is 38.4 Å². The second-order valence-corrected chi connectivity index (χ2v) is 5.95. The Morgan fingerprint density at radius 3 is 2.48 bits per heavy atom. The van der Waals surface area contributed by atoms with Crippen molar-refractivity contribution < 1.29 is 14.3 Å². The number of hydrogen-bond acceptors (Lipinski definition) is 5. The number of piperidine rings is 1. The van der Waals surface area contributed by atoms with E-state index in [4.69, 9.17) is 15.2 Å². The molecule has 116 valence electrons. The summed E-state index contributed by atoms with van der Waals surface area (Å²) in [7, 11) is 0. The van der Waals surface area contributed by atoms with E-state index in [9.17, 15) is 4.79 Å². The molecular weight excluding hydrogens is 272 g/mol. The Hall–Kier alpha value is -1.60. The van der Waals surface area contributed by atoms with Gasteiger partial charge in [-0.1, -0.05) is 13.8 Å². The lowest BCUT2D eigenvalue weighted by Crippen LogP contribution is -2.47. The first-order valence-corrected chi connectivity index (χ1v) is 7.43. The maximum Gasteiger partial charge on any atom is 0.276 e. The van der Waals surface area contributed by atoms with Gasteiger partial charge in [-0.15, -0.1) is 0 Å². The van der Waals surface area contributed by atoms with E-state index in [2.05, 4.69) is 10.2 Å². The highest BCUT2D eigenvalue weighted by molar-refractivity contribution is 5.97. The zero-order valence-electron chi connectivity index (χ0n) is 12.5. The second-order valence-electron chi connectivity index (χ2n) is 5.95. The number of ether oxygens (including phenoxy) is 2. The van der Waals surface area contributed by atoms with Crippen LogP contribution in [0.15, 0.2) is 0 Å². The number of carbonyl (C=O) groups excluding carboxylic acids is 1. The molecule has 0 atom stereocenters. The van der Waals surface area contributed by atoms with Crippen LogP contribution >= 0.6 is 0 Å². The quantitative estimate of drug-likeness (QED) is 0.851. The highest BCUT2D eigenvalue weighted by atomic mass is 16.7. The van der Waals surface area contributed by atoms with E-state index in [0.29, 0.717) is 50.5 Å². The summed E-state index contributed by atoms with van der Waals surface area (Å²) >= 11 is 0. The fourth-order valence-electron chi connectivity index (χ4n) is 2.95. The number of nitrogen functional groups attached to an aromatic ring is 1. The number of anilines is 1. The van der Waals surface area contributed by atoms with E-state index in [-0.39, 0.29) is 11.8 Å². The van der Waals surface area contributed by atoms with Crippen LogP contribution in [0.5, 0.6) is 0 Å². The zero-order chi connectivity index (χ0) is 15.0. The van der Waals surface area contributed by atoms with E-state index in [0.717, 1.165) is 5.69 Å². The Labute approximate surface area is 123 Å². The third kappa shape index (κ3) is 2.51. The van der Waals surface area contributed by atoms with Crippen molar-refractivity contribution in [3.8, 4) is 0 Å². The van der Waals surface area contributed by atoms with Crippen LogP contribution in [0.4, 0.5) is 5.69 Å². The first-order chi connectivity index (χ1) is 10.0. The highest BCUT2D eigenvalue weighted by Gasteiger charge is 2.41. The van der Waals surface area contributed by atoms with Crippen LogP contribution in [0.25, 0.3) is 0 Å². The van der Waals surface area contributed by atoms with E-state index in [1.54, 1.807) is 4.90 Å². The average Bonchev–Trinajstić information content (AvgIpc) is 3.06. The molecule has 1 amide bonds. The molecule has 1 spiro atoms. The highest BCUT2D eigenvalue weighted by Crippen LogP contribution is 2.32. The molecular formula is C14H22N4O3. The molecule has 1 aromatic rings. The molecule has 0 radical (unpaired) electrons. The number of carbonyl (C=O) groups is 1. The standard InChI is InChI=1S/C14H22N4O3/c1-9(2)11-10(15)12(17-16-11)13(19)18-5-3-14(4-6-18)20-7-8-21-14/h9H,3-8,15H2,1-2H3,(H,16,17). The number of nitrogens with zero attached hydrogens (tertiary/aromatic N) is 2. The summed E-state index contributed by atoms with van der Waals surface area (Å²) in [4.78, 5) is 14.3. The van der Waals surface area contributed by atoms with Gasteiger partial charge in [-0.25, -0.2) is 0 Å². The summed E-state index contributed by atoms with van der Waals surface area (Å²) in [6.45, 7) is 6.50. The van der Waals surface area contributed by atoms with Gasteiger partial charge in [0.05, 0.1) is 24.6 Å². The number of likely N-dealkylation sites (tertiary alicyclic amines) is 1. The summed E-state index contributed by atoms with van der Waals surface area (Å²) in [6, 6.07) is 0. The summed E-state index contributed by atoms with van der Waals surface area (Å²) in [5.74, 6) is -0.385. The normalized spacial score (nSPS) is 21.4. The predicted molar refractivity (Wildman–Crippen MR) is 76.9 cm³/mol. The lowest BCUT2D eigenvalue weighted by Gasteiger charge is -2.37. The summed E-state index contributed by atoms with van der Waals surface area (Å²) in [5, 5.41) is 6.97. The molecule has 0 bridgehead atoms. The summed E-state index contributed by atoms with van der Waals surface area (Å²) in [5.41, 5.74) is 7.63. The fraction of sp³-hybridized carbons (Fsp3) is 0.714. The molecule has 0 saturated carbocycles. The number of nitrogens with two attached hydrogens (primary N) is 1.